The van der Waals surface area contributed by atoms with E-state index in [1.807, 2.05) is 14.1 Å². The summed E-state index contributed by atoms with van der Waals surface area (Å²) in [5, 5.41) is 0. The molecule has 4 saturated heterocycles. The highest BCUT2D eigenvalue weighted by atomic mass is 16.6. The second kappa shape index (κ2) is 26.8. The lowest BCUT2D eigenvalue weighted by Gasteiger charge is -2.35. The summed E-state index contributed by atoms with van der Waals surface area (Å²) in [4.78, 5) is 90.2. The first-order valence-electron chi connectivity index (χ1n) is 22.8. The Morgan fingerprint density at radius 3 is 0.952 bits per heavy atom. The molecule has 4 aliphatic rings. The van der Waals surface area contributed by atoms with E-state index in [2.05, 4.69) is 51.3 Å². The molecule has 0 aromatic heterocycles. The van der Waals surface area contributed by atoms with Crippen LogP contribution in [0.25, 0.3) is 0 Å². The normalized spacial score (nSPS) is 18.1. The zero-order valence-electron chi connectivity index (χ0n) is 39.5. The van der Waals surface area contributed by atoms with E-state index in [0.717, 1.165) is 64.7 Å². The number of likely N-dealkylation sites (N-methyl/N-ethyl adjacent to an activating group) is 2. The SMILES string of the molecule is CC(C)(C)COCCOC(=O)N(CC(=O)N1CCCCC1)CC(=O)N1CCCCC1.CN1CCN(C(=O)CN(CC(=O)N2CCN(C)CC2)C(=O)OCCOCC(C)(C)C)CC1. The molecule has 0 N–H and O–H groups in total. The number of ether oxygens (including phenoxy) is 4. The third kappa shape index (κ3) is 21.1. The van der Waals surface area contributed by atoms with E-state index >= 15 is 0 Å². The molecule has 0 spiro atoms. The number of amides is 6. The van der Waals surface area contributed by atoms with Crippen molar-refractivity contribution in [3.05, 3.63) is 0 Å². The topological polar surface area (TPSA) is 165 Å². The van der Waals surface area contributed by atoms with E-state index in [0.29, 0.717) is 65.6 Å². The third-order valence-electron chi connectivity index (χ3n) is 10.9. The average Bonchev–Trinajstić information content (AvgIpc) is 3.23. The van der Waals surface area contributed by atoms with E-state index in [1.54, 1.807) is 19.6 Å². The molecule has 0 aliphatic carbocycles. The lowest BCUT2D eigenvalue weighted by Crippen LogP contribution is -2.54. The van der Waals surface area contributed by atoms with Gasteiger partial charge in [-0.3, -0.25) is 29.0 Å². The minimum absolute atomic E-state index is 0.0277. The van der Waals surface area contributed by atoms with Crippen LogP contribution in [0.5, 0.6) is 0 Å². The molecule has 0 atom stereocenters. The summed E-state index contributed by atoms with van der Waals surface area (Å²) in [5.74, 6) is -0.570. The van der Waals surface area contributed by atoms with Gasteiger partial charge in [-0.1, -0.05) is 41.5 Å². The van der Waals surface area contributed by atoms with Gasteiger partial charge in [-0.15, -0.1) is 0 Å². The van der Waals surface area contributed by atoms with Gasteiger partial charge in [0, 0.05) is 78.5 Å². The molecule has 0 bridgehead atoms. The fourth-order valence-corrected chi connectivity index (χ4v) is 7.14. The largest absolute Gasteiger partial charge is 0.447 e. The van der Waals surface area contributed by atoms with Crippen molar-refractivity contribution in [2.75, 3.05) is 158 Å². The zero-order chi connectivity index (χ0) is 45.7. The molecule has 4 fully saturated rings. The summed E-state index contributed by atoms with van der Waals surface area (Å²) in [6.07, 6.45) is 4.87. The van der Waals surface area contributed by atoms with Crippen molar-refractivity contribution in [1.82, 2.24) is 39.2 Å². The first-order valence-corrected chi connectivity index (χ1v) is 22.8. The van der Waals surface area contributed by atoms with E-state index in [-0.39, 0.29) is 87.1 Å². The van der Waals surface area contributed by atoms with E-state index in [9.17, 15) is 28.8 Å². The number of piperidine rings is 2. The summed E-state index contributed by atoms with van der Waals surface area (Å²) in [7, 11) is 4.03. The van der Waals surface area contributed by atoms with Crippen molar-refractivity contribution in [1.29, 1.82) is 0 Å². The van der Waals surface area contributed by atoms with Crippen LogP contribution < -0.4 is 0 Å². The Morgan fingerprint density at radius 1 is 0.403 bits per heavy atom. The summed E-state index contributed by atoms with van der Waals surface area (Å²) < 4.78 is 21.7. The van der Waals surface area contributed by atoms with Crippen LogP contribution in [0, 0.1) is 10.8 Å². The summed E-state index contributed by atoms with van der Waals surface area (Å²) in [6, 6.07) is 0. The smallest absolute Gasteiger partial charge is 0.410 e. The van der Waals surface area contributed by atoms with E-state index in [1.165, 1.54) is 9.80 Å². The molecule has 356 valence electrons. The van der Waals surface area contributed by atoms with Gasteiger partial charge in [0.25, 0.3) is 0 Å². The second-order valence-electron chi connectivity index (χ2n) is 19.4. The van der Waals surface area contributed by atoms with Gasteiger partial charge in [0.1, 0.15) is 39.4 Å². The number of hydrogen-bond donors (Lipinski definition) is 0. The summed E-state index contributed by atoms with van der Waals surface area (Å²) >= 11 is 0. The minimum atomic E-state index is -0.658. The maximum atomic E-state index is 12.8. The molecule has 0 unspecified atom stereocenters. The number of rotatable bonds is 16. The number of hydrogen-bond acceptors (Lipinski definition) is 12. The lowest BCUT2D eigenvalue weighted by atomic mass is 9.99. The predicted octanol–water partition coefficient (Wildman–Crippen LogP) is 2.55. The van der Waals surface area contributed by atoms with Crippen LogP contribution in [0.2, 0.25) is 0 Å². The summed E-state index contributed by atoms with van der Waals surface area (Å²) in [6.45, 7) is 22.2. The van der Waals surface area contributed by atoms with Crippen LogP contribution in [0.4, 0.5) is 9.59 Å². The summed E-state index contributed by atoms with van der Waals surface area (Å²) in [5.41, 5.74) is 0.0671. The van der Waals surface area contributed by atoms with E-state index in [4.69, 9.17) is 18.9 Å². The number of carbonyl (C=O) groups excluding carboxylic acids is 6. The molecule has 4 rings (SSSR count). The van der Waals surface area contributed by atoms with Gasteiger partial charge < -0.3 is 48.3 Å². The second-order valence-corrected chi connectivity index (χ2v) is 19.4. The quantitative estimate of drug-likeness (QED) is 0.209. The van der Waals surface area contributed by atoms with Crippen LogP contribution in [0.15, 0.2) is 0 Å². The number of nitrogens with zero attached hydrogens (tertiary/aromatic N) is 8. The van der Waals surface area contributed by atoms with Gasteiger partial charge in [-0.25, -0.2) is 9.59 Å². The maximum Gasteiger partial charge on any atom is 0.410 e. The predicted molar refractivity (Wildman–Crippen MR) is 235 cm³/mol. The molecule has 6 amide bonds. The van der Waals surface area contributed by atoms with Gasteiger partial charge in [0.15, 0.2) is 0 Å². The van der Waals surface area contributed by atoms with Gasteiger partial charge >= 0.3 is 12.2 Å². The molecule has 0 saturated carbocycles. The van der Waals surface area contributed by atoms with Crippen molar-refractivity contribution in [3.63, 3.8) is 0 Å². The van der Waals surface area contributed by atoms with E-state index < -0.39 is 12.2 Å². The Balaban J connectivity index is 0.000000331. The molecule has 18 nitrogen and oxygen atoms in total. The van der Waals surface area contributed by atoms with Gasteiger partial charge in [-0.05, 0) is 63.5 Å². The zero-order valence-corrected chi connectivity index (χ0v) is 39.5. The fourth-order valence-electron chi connectivity index (χ4n) is 7.14. The van der Waals surface area contributed by atoms with Crippen LogP contribution in [0.3, 0.4) is 0 Å². The number of likely N-dealkylation sites (tertiary alicyclic amines) is 2. The highest BCUT2D eigenvalue weighted by molar-refractivity contribution is 5.88. The van der Waals surface area contributed by atoms with Crippen molar-refractivity contribution < 1.29 is 47.7 Å². The van der Waals surface area contributed by atoms with Crippen LogP contribution >= 0.6 is 0 Å². The monoisotopic (exact) mass is 881 g/mol. The van der Waals surface area contributed by atoms with Crippen molar-refractivity contribution >= 4 is 35.8 Å². The Labute approximate surface area is 371 Å². The highest BCUT2D eigenvalue weighted by Gasteiger charge is 2.30. The first-order chi connectivity index (χ1) is 29.3. The molecule has 62 heavy (non-hydrogen) atoms. The minimum Gasteiger partial charge on any atom is -0.447 e. The third-order valence-corrected chi connectivity index (χ3v) is 10.9. The molecule has 0 radical (unpaired) electrons. The molecule has 18 heteroatoms. The Bertz CT molecular complexity index is 1330. The Morgan fingerprint density at radius 2 is 0.677 bits per heavy atom. The van der Waals surface area contributed by atoms with Crippen molar-refractivity contribution in [3.8, 4) is 0 Å². The highest BCUT2D eigenvalue weighted by Crippen LogP contribution is 2.15. The van der Waals surface area contributed by atoms with Crippen LogP contribution in [-0.4, -0.2) is 233 Å². The Kier molecular flexibility index (Phi) is 22.7. The van der Waals surface area contributed by atoms with Crippen LogP contribution in [-0.2, 0) is 38.1 Å². The first kappa shape index (κ1) is 52.6. The van der Waals surface area contributed by atoms with Crippen molar-refractivity contribution in [2.24, 2.45) is 10.8 Å². The van der Waals surface area contributed by atoms with Crippen LogP contribution in [0.1, 0.15) is 80.1 Å². The van der Waals surface area contributed by atoms with Gasteiger partial charge in [0.05, 0.1) is 26.4 Å². The number of piperazine rings is 2. The maximum absolute atomic E-state index is 12.8. The molecule has 4 heterocycles. The molecule has 4 aliphatic heterocycles. The molecule has 0 aromatic carbocycles. The molecule has 0 aromatic rings. The van der Waals surface area contributed by atoms with Gasteiger partial charge in [-0.2, -0.15) is 0 Å². The fraction of sp³-hybridized carbons (Fsp3) is 0.864. The standard InChI is InChI=1S/C22H41N5O5.C22H39N3O5/c1-22(2,3)18-31-14-15-32-21(30)27(16-19(28)25-10-6-23(4)7-11-25)17-20(29)26-12-8-24(5)9-13-26;1-22(2,3)18-29-14-15-30-21(28)25(16-19(26)23-10-6-4-7-11-23)17-20(27)24-12-8-5-9-13-24/h6-18H2,1-5H3;4-18H2,1-3H3. The molecular formula is C44H80N8O10. The Hall–Kier alpha value is -3.74. The number of carbonyl (C=O) groups is 6. The van der Waals surface area contributed by atoms with Gasteiger partial charge in [0.2, 0.25) is 23.6 Å². The average molecular weight is 881 g/mol. The molecular weight excluding hydrogens is 801 g/mol. The van der Waals surface area contributed by atoms with Crippen molar-refractivity contribution in [2.45, 2.75) is 80.1 Å². The lowest BCUT2D eigenvalue weighted by molar-refractivity contribution is -0.138.